The van der Waals surface area contributed by atoms with Crippen LogP contribution in [0.2, 0.25) is 0 Å². The molecule has 1 unspecified atom stereocenters. The van der Waals surface area contributed by atoms with Gasteiger partial charge < -0.3 is 4.74 Å². The number of halogens is 3. The smallest absolute Gasteiger partial charge is 0.416 e. The van der Waals surface area contributed by atoms with Crippen molar-refractivity contribution in [1.82, 2.24) is 0 Å². The summed E-state index contributed by atoms with van der Waals surface area (Å²) in [6.07, 6.45) is -4.53. The number of esters is 1. The minimum Gasteiger partial charge on any atom is -0.469 e. The van der Waals surface area contributed by atoms with E-state index in [4.69, 9.17) is 0 Å². The molecule has 21 heavy (non-hydrogen) atoms. The molecule has 1 aromatic carbocycles. The quantitative estimate of drug-likeness (QED) is 0.781. The van der Waals surface area contributed by atoms with E-state index in [0.717, 1.165) is 25.3 Å². The van der Waals surface area contributed by atoms with Crippen LogP contribution in [0.5, 0.6) is 0 Å². The predicted octanol–water partition coefficient (Wildman–Crippen LogP) is 2.43. The molecule has 0 saturated heterocycles. The van der Waals surface area contributed by atoms with Crippen LogP contribution in [-0.2, 0) is 31.3 Å². The van der Waals surface area contributed by atoms with Gasteiger partial charge in [0.15, 0.2) is 9.84 Å². The number of hydrogen-bond acceptors (Lipinski definition) is 4. The Morgan fingerprint density at radius 3 is 2.48 bits per heavy atom. The fraction of sp³-hybridized carbons (Fsp3) is 0.462. The molecular weight excluding hydrogens is 309 g/mol. The summed E-state index contributed by atoms with van der Waals surface area (Å²) in [5, 5.41) is 0. The van der Waals surface area contributed by atoms with Crippen molar-refractivity contribution in [2.24, 2.45) is 5.92 Å². The predicted molar refractivity (Wildman–Crippen MR) is 70.1 cm³/mol. The van der Waals surface area contributed by atoms with E-state index < -0.39 is 45.0 Å². The second kappa shape index (κ2) is 6.46. The molecule has 118 valence electrons. The summed E-state index contributed by atoms with van der Waals surface area (Å²) in [5.74, 6) is -2.58. The molecule has 4 nitrogen and oxygen atoms in total. The van der Waals surface area contributed by atoms with Gasteiger partial charge in [-0.2, -0.15) is 13.2 Å². The number of carbonyl (C=O) groups is 1. The van der Waals surface area contributed by atoms with Crippen molar-refractivity contribution in [2.45, 2.75) is 18.9 Å². The molecule has 0 bridgehead atoms. The van der Waals surface area contributed by atoms with E-state index in [1.807, 2.05) is 0 Å². The molecular formula is C13H15F3O4S. The lowest BCUT2D eigenvalue weighted by atomic mass is 10.1. The normalized spacial score (nSPS) is 13.8. The van der Waals surface area contributed by atoms with Gasteiger partial charge in [0.1, 0.15) is 0 Å². The van der Waals surface area contributed by atoms with Crippen molar-refractivity contribution in [3.05, 3.63) is 35.4 Å². The van der Waals surface area contributed by atoms with Crippen molar-refractivity contribution in [3.8, 4) is 0 Å². The maximum atomic E-state index is 12.6. The largest absolute Gasteiger partial charge is 0.469 e. The molecule has 0 heterocycles. The molecule has 0 N–H and O–H groups in total. The molecule has 8 heteroatoms. The average molecular weight is 324 g/mol. The highest BCUT2D eigenvalue weighted by Crippen LogP contribution is 2.30. The third kappa shape index (κ3) is 5.37. The summed E-state index contributed by atoms with van der Waals surface area (Å²) >= 11 is 0. The summed E-state index contributed by atoms with van der Waals surface area (Å²) in [6, 6.07) is 4.11. The Kier molecular flexibility index (Phi) is 5.38. The lowest BCUT2D eigenvalue weighted by Crippen LogP contribution is -2.23. The summed E-state index contributed by atoms with van der Waals surface area (Å²) in [6.45, 7) is 1.38. The van der Waals surface area contributed by atoms with Crippen LogP contribution in [-0.4, -0.2) is 27.2 Å². The maximum Gasteiger partial charge on any atom is 0.416 e. The van der Waals surface area contributed by atoms with Gasteiger partial charge in [-0.25, -0.2) is 8.42 Å². The maximum absolute atomic E-state index is 12.6. The van der Waals surface area contributed by atoms with Crippen molar-refractivity contribution in [1.29, 1.82) is 0 Å². The molecule has 0 fully saturated rings. The van der Waals surface area contributed by atoms with Gasteiger partial charge in [0, 0.05) is 0 Å². The summed E-state index contributed by atoms with van der Waals surface area (Å²) in [7, 11) is -2.58. The highest BCUT2D eigenvalue weighted by Gasteiger charge is 2.31. The van der Waals surface area contributed by atoms with E-state index in [1.54, 1.807) is 0 Å². The van der Waals surface area contributed by atoms with Gasteiger partial charge in [-0.1, -0.05) is 25.1 Å². The van der Waals surface area contributed by atoms with Crippen LogP contribution >= 0.6 is 0 Å². The van der Waals surface area contributed by atoms with Crippen LogP contribution < -0.4 is 0 Å². The zero-order valence-corrected chi connectivity index (χ0v) is 12.3. The Morgan fingerprint density at radius 1 is 1.33 bits per heavy atom. The first kappa shape index (κ1) is 17.5. The van der Waals surface area contributed by atoms with E-state index in [-0.39, 0.29) is 5.56 Å². The zero-order chi connectivity index (χ0) is 16.3. The molecule has 0 amide bonds. The second-order valence-corrected chi connectivity index (χ2v) is 6.79. The minimum absolute atomic E-state index is 0.0295. The number of sulfone groups is 1. The Hall–Kier alpha value is -1.57. The third-order valence-electron chi connectivity index (χ3n) is 2.75. The fourth-order valence-corrected chi connectivity index (χ4v) is 3.50. The standard InChI is InChI=1S/C13H15F3O4S/c1-9(12(17)20-2)7-21(18,19)8-10-4-3-5-11(6-10)13(14,15)16/h3-6,9H,7-8H2,1-2H3. The summed E-state index contributed by atoms with van der Waals surface area (Å²) in [5.41, 5.74) is -0.877. The van der Waals surface area contributed by atoms with Crippen molar-refractivity contribution < 1.29 is 31.1 Å². The fourth-order valence-electron chi connectivity index (χ4n) is 1.80. The van der Waals surface area contributed by atoms with E-state index in [0.29, 0.717) is 0 Å². The van der Waals surface area contributed by atoms with Gasteiger partial charge in [0.05, 0.1) is 30.1 Å². The third-order valence-corrected chi connectivity index (χ3v) is 4.53. The van der Waals surface area contributed by atoms with E-state index >= 15 is 0 Å². The first-order chi connectivity index (χ1) is 9.55. The molecule has 1 rings (SSSR count). The number of benzene rings is 1. The average Bonchev–Trinajstić information content (AvgIpc) is 2.35. The summed E-state index contributed by atoms with van der Waals surface area (Å²) < 4.78 is 65.9. The SMILES string of the molecule is COC(=O)C(C)CS(=O)(=O)Cc1cccc(C(F)(F)F)c1. The van der Waals surface area contributed by atoms with Crippen molar-refractivity contribution in [2.75, 3.05) is 12.9 Å². The Labute approximate surface area is 120 Å². The highest BCUT2D eigenvalue weighted by molar-refractivity contribution is 7.90. The number of hydrogen-bond donors (Lipinski definition) is 0. The van der Waals surface area contributed by atoms with Crippen molar-refractivity contribution in [3.63, 3.8) is 0 Å². The first-order valence-corrected chi connectivity index (χ1v) is 7.81. The van der Waals surface area contributed by atoms with E-state index in [2.05, 4.69) is 4.74 Å². The Morgan fingerprint density at radius 2 is 1.95 bits per heavy atom. The molecule has 1 aromatic rings. The molecule has 1 atom stereocenters. The number of rotatable bonds is 5. The minimum atomic E-state index is -4.53. The number of alkyl halides is 3. The monoisotopic (exact) mass is 324 g/mol. The highest BCUT2D eigenvalue weighted by atomic mass is 32.2. The molecule has 0 radical (unpaired) electrons. The van der Waals surface area contributed by atoms with E-state index in [9.17, 15) is 26.4 Å². The van der Waals surface area contributed by atoms with Crippen LogP contribution in [0, 0.1) is 5.92 Å². The van der Waals surface area contributed by atoms with Gasteiger partial charge in [0.25, 0.3) is 0 Å². The number of carbonyl (C=O) groups excluding carboxylic acids is 1. The van der Waals surface area contributed by atoms with Crippen LogP contribution in [0.25, 0.3) is 0 Å². The number of ether oxygens (including phenoxy) is 1. The van der Waals surface area contributed by atoms with Crippen LogP contribution in [0.1, 0.15) is 18.1 Å². The van der Waals surface area contributed by atoms with Crippen LogP contribution in [0.3, 0.4) is 0 Å². The molecule has 0 aliphatic heterocycles. The number of methoxy groups -OCH3 is 1. The van der Waals surface area contributed by atoms with Gasteiger partial charge in [-0.15, -0.1) is 0 Å². The van der Waals surface area contributed by atoms with Gasteiger partial charge >= 0.3 is 12.1 Å². The molecule has 0 saturated carbocycles. The lowest BCUT2D eigenvalue weighted by Gasteiger charge is -2.11. The van der Waals surface area contributed by atoms with Crippen LogP contribution in [0.15, 0.2) is 24.3 Å². The Balaban J connectivity index is 2.88. The van der Waals surface area contributed by atoms with Gasteiger partial charge in [0.2, 0.25) is 0 Å². The second-order valence-electron chi connectivity index (χ2n) is 4.68. The van der Waals surface area contributed by atoms with Gasteiger partial charge in [-0.05, 0) is 11.6 Å². The molecule has 0 spiro atoms. The van der Waals surface area contributed by atoms with Crippen molar-refractivity contribution >= 4 is 15.8 Å². The zero-order valence-electron chi connectivity index (χ0n) is 11.5. The summed E-state index contributed by atoms with van der Waals surface area (Å²) in [4.78, 5) is 11.2. The van der Waals surface area contributed by atoms with Crippen LogP contribution in [0.4, 0.5) is 13.2 Å². The molecule has 0 aromatic heterocycles. The Bertz CT molecular complexity index is 608. The topological polar surface area (TPSA) is 60.4 Å². The molecule has 0 aliphatic carbocycles. The molecule has 0 aliphatic rings. The van der Waals surface area contributed by atoms with Gasteiger partial charge in [-0.3, -0.25) is 4.79 Å². The first-order valence-electron chi connectivity index (χ1n) is 5.99. The van der Waals surface area contributed by atoms with E-state index in [1.165, 1.54) is 13.0 Å². The lowest BCUT2D eigenvalue weighted by molar-refractivity contribution is -0.144.